The quantitative estimate of drug-likeness (QED) is 0.578. The highest BCUT2D eigenvalue weighted by atomic mass is 32.2. The van der Waals surface area contributed by atoms with Gasteiger partial charge in [0, 0.05) is 16.7 Å². The summed E-state index contributed by atoms with van der Waals surface area (Å²) in [5, 5.41) is 4.16. The first-order valence-corrected chi connectivity index (χ1v) is 7.40. The lowest BCUT2D eigenvalue weighted by Gasteiger charge is -2.13. The van der Waals surface area contributed by atoms with Crippen molar-refractivity contribution in [2.75, 3.05) is 13.1 Å². The maximum Gasteiger partial charge on any atom is 0.0191 e. The van der Waals surface area contributed by atoms with Gasteiger partial charge in [-0.2, -0.15) is 0 Å². The molecule has 0 fully saturated rings. The van der Waals surface area contributed by atoms with E-state index in [9.17, 15) is 0 Å². The van der Waals surface area contributed by atoms with Crippen molar-refractivity contribution in [2.24, 2.45) is 5.92 Å². The Balaban J connectivity index is 2.23. The van der Waals surface area contributed by atoms with Crippen LogP contribution in [0.2, 0.25) is 0 Å². The Morgan fingerprint density at radius 1 is 1.24 bits per heavy atom. The van der Waals surface area contributed by atoms with E-state index in [1.165, 1.54) is 16.9 Å². The first-order valence-electron chi connectivity index (χ1n) is 6.52. The number of hydrogen-bond acceptors (Lipinski definition) is 2. The summed E-state index contributed by atoms with van der Waals surface area (Å²) in [5.41, 5.74) is 1.34. The molecular weight excluding hydrogens is 226 g/mol. The summed E-state index contributed by atoms with van der Waals surface area (Å²) in [6.07, 6.45) is 1.27. The van der Waals surface area contributed by atoms with E-state index in [4.69, 9.17) is 0 Å². The lowest BCUT2D eigenvalue weighted by molar-refractivity contribution is 0.539. The maximum absolute atomic E-state index is 3.53. The Hall–Kier alpha value is -0.470. The Morgan fingerprint density at radius 3 is 2.65 bits per heavy atom. The molecule has 0 aromatic heterocycles. The zero-order chi connectivity index (χ0) is 12.7. The second-order valence-electron chi connectivity index (χ2n) is 5.13. The number of benzene rings is 1. The highest BCUT2D eigenvalue weighted by Gasteiger charge is 2.04. The summed E-state index contributed by atoms with van der Waals surface area (Å²) in [6.45, 7) is 11.2. The average molecular weight is 251 g/mol. The van der Waals surface area contributed by atoms with Gasteiger partial charge in [-0.1, -0.05) is 38.5 Å². The number of rotatable bonds is 7. The van der Waals surface area contributed by atoms with Gasteiger partial charge >= 0.3 is 0 Å². The van der Waals surface area contributed by atoms with Crippen molar-refractivity contribution in [2.45, 2.75) is 44.3 Å². The summed E-state index contributed by atoms with van der Waals surface area (Å²) in [6, 6.07) is 8.74. The predicted molar refractivity (Wildman–Crippen MR) is 78.8 cm³/mol. The molecule has 0 aliphatic rings. The third-order valence-corrected chi connectivity index (χ3v) is 3.75. The van der Waals surface area contributed by atoms with Crippen molar-refractivity contribution in [1.82, 2.24) is 5.32 Å². The van der Waals surface area contributed by atoms with E-state index in [0.29, 0.717) is 5.25 Å². The first kappa shape index (κ1) is 14.6. The van der Waals surface area contributed by atoms with Crippen LogP contribution in [0, 0.1) is 12.8 Å². The van der Waals surface area contributed by atoms with Crippen LogP contribution in [0.3, 0.4) is 0 Å². The lowest BCUT2D eigenvalue weighted by Crippen LogP contribution is -2.24. The second-order valence-corrected chi connectivity index (χ2v) is 6.64. The first-order chi connectivity index (χ1) is 8.08. The third-order valence-electron chi connectivity index (χ3n) is 2.66. The molecule has 17 heavy (non-hydrogen) atoms. The molecule has 0 bridgehead atoms. The highest BCUT2D eigenvalue weighted by Crippen LogP contribution is 2.23. The smallest absolute Gasteiger partial charge is 0.0191 e. The molecule has 1 aromatic rings. The van der Waals surface area contributed by atoms with Gasteiger partial charge < -0.3 is 5.32 Å². The normalized spacial score (nSPS) is 13.0. The van der Waals surface area contributed by atoms with Crippen LogP contribution in [0.15, 0.2) is 29.2 Å². The molecular formula is C15H25NS. The fraction of sp³-hybridized carbons (Fsp3) is 0.600. The van der Waals surface area contributed by atoms with Crippen molar-refractivity contribution in [3.8, 4) is 0 Å². The van der Waals surface area contributed by atoms with E-state index in [2.05, 4.69) is 57.3 Å². The summed E-state index contributed by atoms with van der Waals surface area (Å²) in [5.74, 6) is 0.794. The molecule has 0 radical (unpaired) electrons. The van der Waals surface area contributed by atoms with Crippen LogP contribution in [0.1, 0.15) is 32.8 Å². The Kier molecular flexibility index (Phi) is 6.68. The number of thioether (sulfide) groups is 1. The van der Waals surface area contributed by atoms with Crippen molar-refractivity contribution in [3.63, 3.8) is 0 Å². The average Bonchev–Trinajstić information content (AvgIpc) is 2.24. The summed E-state index contributed by atoms with van der Waals surface area (Å²) in [7, 11) is 0. The van der Waals surface area contributed by atoms with E-state index in [1.54, 1.807) is 0 Å². The highest BCUT2D eigenvalue weighted by molar-refractivity contribution is 8.00. The van der Waals surface area contributed by atoms with E-state index < -0.39 is 0 Å². The van der Waals surface area contributed by atoms with Gasteiger partial charge in [0.15, 0.2) is 0 Å². The largest absolute Gasteiger partial charge is 0.316 e. The molecule has 0 saturated carbocycles. The zero-order valence-electron chi connectivity index (χ0n) is 11.5. The monoisotopic (exact) mass is 251 g/mol. The molecule has 0 heterocycles. The number of hydrogen-bond donors (Lipinski definition) is 1. The molecule has 1 rings (SSSR count). The maximum atomic E-state index is 3.53. The van der Waals surface area contributed by atoms with Crippen molar-refractivity contribution in [3.05, 3.63) is 29.8 Å². The van der Waals surface area contributed by atoms with Gasteiger partial charge in [-0.05, 0) is 37.9 Å². The van der Waals surface area contributed by atoms with Crippen molar-refractivity contribution < 1.29 is 0 Å². The summed E-state index contributed by atoms with van der Waals surface area (Å²) in [4.78, 5) is 1.38. The van der Waals surface area contributed by atoms with Crippen LogP contribution < -0.4 is 5.32 Å². The van der Waals surface area contributed by atoms with Gasteiger partial charge in [-0.25, -0.2) is 0 Å². The van der Waals surface area contributed by atoms with Gasteiger partial charge in [-0.3, -0.25) is 0 Å². The van der Waals surface area contributed by atoms with Crippen LogP contribution in [-0.4, -0.2) is 18.3 Å². The van der Waals surface area contributed by atoms with Crippen LogP contribution in [0.4, 0.5) is 0 Å². The zero-order valence-corrected chi connectivity index (χ0v) is 12.3. The van der Waals surface area contributed by atoms with Crippen LogP contribution in [-0.2, 0) is 0 Å². The Morgan fingerprint density at radius 2 is 2.00 bits per heavy atom. The SMILES string of the molecule is Cc1cccc(SC(C)CNCCC(C)C)c1. The summed E-state index contributed by atoms with van der Waals surface area (Å²) >= 11 is 1.95. The molecule has 0 saturated heterocycles. The van der Waals surface area contributed by atoms with E-state index in [1.807, 2.05) is 11.8 Å². The minimum atomic E-state index is 0.629. The molecule has 1 aromatic carbocycles. The van der Waals surface area contributed by atoms with Gasteiger partial charge in [0.2, 0.25) is 0 Å². The van der Waals surface area contributed by atoms with Gasteiger partial charge in [0.1, 0.15) is 0 Å². The lowest BCUT2D eigenvalue weighted by atomic mass is 10.1. The van der Waals surface area contributed by atoms with E-state index in [-0.39, 0.29) is 0 Å². The molecule has 1 nitrogen and oxygen atoms in total. The van der Waals surface area contributed by atoms with Crippen LogP contribution >= 0.6 is 11.8 Å². The minimum absolute atomic E-state index is 0.629. The predicted octanol–water partition coefficient (Wildman–Crippen LogP) is 4.11. The molecule has 96 valence electrons. The van der Waals surface area contributed by atoms with Gasteiger partial charge in [-0.15, -0.1) is 11.8 Å². The molecule has 0 amide bonds. The third kappa shape index (κ3) is 6.75. The Labute approximate surface area is 110 Å². The standard InChI is InChI=1S/C15H25NS/c1-12(2)8-9-16-11-14(4)17-15-7-5-6-13(3)10-15/h5-7,10,12,14,16H,8-9,11H2,1-4H3. The fourth-order valence-electron chi connectivity index (χ4n) is 1.66. The van der Waals surface area contributed by atoms with E-state index in [0.717, 1.165) is 19.0 Å². The molecule has 1 atom stereocenters. The molecule has 1 N–H and O–H groups in total. The molecule has 0 aliphatic heterocycles. The van der Waals surface area contributed by atoms with E-state index >= 15 is 0 Å². The molecule has 0 aliphatic carbocycles. The van der Waals surface area contributed by atoms with Crippen molar-refractivity contribution >= 4 is 11.8 Å². The molecule has 2 heteroatoms. The van der Waals surface area contributed by atoms with Gasteiger partial charge in [0.25, 0.3) is 0 Å². The summed E-state index contributed by atoms with van der Waals surface area (Å²) < 4.78 is 0. The second kappa shape index (κ2) is 7.78. The molecule has 1 unspecified atom stereocenters. The van der Waals surface area contributed by atoms with Gasteiger partial charge in [0.05, 0.1) is 0 Å². The van der Waals surface area contributed by atoms with Crippen LogP contribution in [0.5, 0.6) is 0 Å². The number of aryl methyl sites for hydroxylation is 1. The number of nitrogens with one attached hydrogen (secondary N) is 1. The Bertz CT molecular complexity index is 322. The fourth-order valence-corrected chi connectivity index (χ4v) is 2.74. The van der Waals surface area contributed by atoms with Crippen molar-refractivity contribution in [1.29, 1.82) is 0 Å². The minimum Gasteiger partial charge on any atom is -0.316 e. The topological polar surface area (TPSA) is 12.0 Å². The van der Waals surface area contributed by atoms with Crippen LogP contribution in [0.25, 0.3) is 0 Å². The molecule has 0 spiro atoms.